The van der Waals surface area contributed by atoms with Crippen molar-refractivity contribution in [2.45, 2.75) is 12.5 Å². The topological polar surface area (TPSA) is 81.7 Å². The molecule has 0 spiro atoms. The van der Waals surface area contributed by atoms with Crippen LogP contribution in [0, 0.1) is 0 Å². The first-order valence-corrected chi connectivity index (χ1v) is 5.37. The molecule has 1 unspecified atom stereocenters. The number of thiazole rings is 1. The SMILES string of the molecule is Cn1cc(CC(NN)c2cncs2)nn1. The van der Waals surface area contributed by atoms with E-state index >= 15 is 0 Å². The Balaban J connectivity index is 2.09. The van der Waals surface area contributed by atoms with Gasteiger partial charge in [0, 0.05) is 30.7 Å². The molecule has 3 N–H and O–H groups in total. The Kier molecular flexibility index (Phi) is 3.05. The van der Waals surface area contributed by atoms with Crippen LogP contribution in [0.25, 0.3) is 0 Å². The normalized spacial score (nSPS) is 12.9. The summed E-state index contributed by atoms with van der Waals surface area (Å²) in [4.78, 5) is 5.12. The van der Waals surface area contributed by atoms with E-state index in [1.165, 1.54) is 0 Å². The molecule has 6 nitrogen and oxygen atoms in total. The molecule has 2 rings (SSSR count). The number of hydrazine groups is 1. The van der Waals surface area contributed by atoms with Gasteiger partial charge in [-0.25, -0.2) is 0 Å². The molecule has 2 aromatic heterocycles. The third kappa shape index (κ3) is 2.38. The van der Waals surface area contributed by atoms with E-state index in [1.54, 1.807) is 21.5 Å². The van der Waals surface area contributed by atoms with Crippen LogP contribution in [0.5, 0.6) is 0 Å². The molecule has 0 aliphatic rings. The molecular formula is C8H12N6S. The van der Waals surface area contributed by atoms with Gasteiger partial charge in [0.2, 0.25) is 0 Å². The van der Waals surface area contributed by atoms with E-state index in [0.29, 0.717) is 6.42 Å². The van der Waals surface area contributed by atoms with Crippen molar-refractivity contribution in [3.05, 3.63) is 28.5 Å². The van der Waals surface area contributed by atoms with Gasteiger partial charge in [-0.3, -0.25) is 20.9 Å². The summed E-state index contributed by atoms with van der Waals surface area (Å²) in [7, 11) is 1.84. The van der Waals surface area contributed by atoms with Crippen molar-refractivity contribution in [2.24, 2.45) is 12.9 Å². The molecule has 0 aliphatic carbocycles. The minimum atomic E-state index is 0.0502. The van der Waals surface area contributed by atoms with Crippen molar-refractivity contribution in [2.75, 3.05) is 0 Å². The maximum Gasteiger partial charge on any atom is 0.0846 e. The predicted octanol–water partition coefficient (Wildman–Crippen LogP) is 0.0187. The number of nitrogens with zero attached hydrogens (tertiary/aromatic N) is 4. The van der Waals surface area contributed by atoms with Gasteiger partial charge in [-0.1, -0.05) is 5.21 Å². The second kappa shape index (κ2) is 4.47. The van der Waals surface area contributed by atoms with Crippen molar-refractivity contribution in [3.63, 3.8) is 0 Å². The van der Waals surface area contributed by atoms with Gasteiger partial charge in [0.1, 0.15) is 0 Å². The largest absolute Gasteiger partial charge is 0.271 e. The van der Waals surface area contributed by atoms with E-state index in [2.05, 4.69) is 20.7 Å². The average Bonchev–Trinajstić information content (AvgIpc) is 2.85. The maximum absolute atomic E-state index is 5.49. The van der Waals surface area contributed by atoms with Crippen LogP contribution in [0.15, 0.2) is 17.9 Å². The molecule has 1 atom stereocenters. The van der Waals surface area contributed by atoms with Gasteiger partial charge in [-0.05, 0) is 0 Å². The highest BCUT2D eigenvalue weighted by Gasteiger charge is 2.13. The number of aromatic nitrogens is 4. The highest BCUT2D eigenvalue weighted by Crippen LogP contribution is 2.19. The number of nitrogens with one attached hydrogen (secondary N) is 1. The van der Waals surface area contributed by atoms with Crippen molar-refractivity contribution < 1.29 is 0 Å². The van der Waals surface area contributed by atoms with Crippen LogP contribution in [-0.2, 0) is 13.5 Å². The number of hydrogen-bond donors (Lipinski definition) is 2. The zero-order valence-electron chi connectivity index (χ0n) is 8.29. The van der Waals surface area contributed by atoms with Crippen molar-refractivity contribution >= 4 is 11.3 Å². The highest BCUT2D eigenvalue weighted by atomic mass is 32.1. The number of hydrogen-bond acceptors (Lipinski definition) is 6. The van der Waals surface area contributed by atoms with Crippen molar-refractivity contribution in [1.82, 2.24) is 25.4 Å². The Labute approximate surface area is 91.1 Å². The van der Waals surface area contributed by atoms with Gasteiger partial charge in [-0.15, -0.1) is 16.4 Å². The van der Waals surface area contributed by atoms with Crippen LogP contribution in [0.2, 0.25) is 0 Å². The fourth-order valence-corrected chi connectivity index (χ4v) is 2.02. The standard InChI is InChI=1S/C8H12N6S/c1-14-4-6(12-13-14)2-7(11-9)8-3-10-5-15-8/h3-5,7,11H,2,9H2,1H3. The molecule has 2 heterocycles. The van der Waals surface area contributed by atoms with E-state index in [-0.39, 0.29) is 6.04 Å². The zero-order chi connectivity index (χ0) is 10.7. The fourth-order valence-electron chi connectivity index (χ4n) is 1.34. The van der Waals surface area contributed by atoms with Crippen LogP contribution in [-0.4, -0.2) is 20.0 Å². The van der Waals surface area contributed by atoms with Gasteiger partial charge in [0.15, 0.2) is 0 Å². The summed E-state index contributed by atoms with van der Waals surface area (Å²) < 4.78 is 1.68. The van der Waals surface area contributed by atoms with Crippen LogP contribution < -0.4 is 11.3 Å². The molecule has 0 bridgehead atoms. The lowest BCUT2D eigenvalue weighted by atomic mass is 10.1. The van der Waals surface area contributed by atoms with Crippen LogP contribution in [0.4, 0.5) is 0 Å². The van der Waals surface area contributed by atoms with Crippen LogP contribution >= 0.6 is 11.3 Å². The lowest BCUT2D eigenvalue weighted by Crippen LogP contribution is -2.29. The molecule has 80 valence electrons. The minimum Gasteiger partial charge on any atom is -0.271 e. The third-order valence-corrected chi connectivity index (χ3v) is 2.95. The quantitative estimate of drug-likeness (QED) is 0.565. The maximum atomic E-state index is 5.49. The first kappa shape index (κ1) is 10.2. The second-order valence-corrected chi connectivity index (χ2v) is 4.13. The molecule has 0 fully saturated rings. The van der Waals surface area contributed by atoms with Gasteiger partial charge in [0.05, 0.1) is 17.2 Å². The van der Waals surface area contributed by atoms with E-state index < -0.39 is 0 Å². The monoisotopic (exact) mass is 224 g/mol. The van der Waals surface area contributed by atoms with Crippen LogP contribution in [0.1, 0.15) is 16.6 Å². The van der Waals surface area contributed by atoms with E-state index in [0.717, 1.165) is 10.6 Å². The molecular weight excluding hydrogens is 212 g/mol. The van der Waals surface area contributed by atoms with E-state index in [9.17, 15) is 0 Å². The second-order valence-electron chi connectivity index (χ2n) is 3.21. The van der Waals surface area contributed by atoms with Crippen LogP contribution in [0.3, 0.4) is 0 Å². The summed E-state index contributed by atoms with van der Waals surface area (Å²) in [6, 6.07) is 0.0502. The minimum absolute atomic E-state index is 0.0502. The summed E-state index contributed by atoms with van der Waals surface area (Å²) in [5, 5.41) is 7.89. The van der Waals surface area contributed by atoms with Crippen molar-refractivity contribution in [3.8, 4) is 0 Å². The molecule has 0 saturated heterocycles. The van der Waals surface area contributed by atoms with Gasteiger partial charge >= 0.3 is 0 Å². The van der Waals surface area contributed by atoms with E-state index in [4.69, 9.17) is 5.84 Å². The summed E-state index contributed by atoms with van der Waals surface area (Å²) in [6.07, 6.45) is 4.41. The number of rotatable bonds is 4. The smallest absolute Gasteiger partial charge is 0.0846 e. The Hall–Kier alpha value is -1.31. The Morgan fingerprint density at radius 1 is 1.67 bits per heavy atom. The Morgan fingerprint density at radius 3 is 3.07 bits per heavy atom. The first-order valence-electron chi connectivity index (χ1n) is 4.49. The number of nitrogens with two attached hydrogens (primary N) is 1. The van der Waals surface area contributed by atoms with Gasteiger partial charge < -0.3 is 0 Å². The molecule has 2 aromatic rings. The zero-order valence-corrected chi connectivity index (χ0v) is 9.11. The lowest BCUT2D eigenvalue weighted by Gasteiger charge is -2.10. The molecule has 0 saturated carbocycles. The summed E-state index contributed by atoms with van der Waals surface area (Å²) >= 11 is 1.57. The first-order chi connectivity index (χ1) is 7.29. The number of aryl methyl sites for hydroxylation is 1. The molecule has 15 heavy (non-hydrogen) atoms. The summed E-state index contributed by atoms with van der Waals surface area (Å²) in [5.74, 6) is 5.49. The van der Waals surface area contributed by atoms with Gasteiger partial charge in [0.25, 0.3) is 0 Å². The van der Waals surface area contributed by atoms with Gasteiger partial charge in [-0.2, -0.15) is 0 Å². The van der Waals surface area contributed by atoms with E-state index in [1.807, 2.05) is 19.4 Å². The molecule has 0 amide bonds. The van der Waals surface area contributed by atoms with Crippen molar-refractivity contribution in [1.29, 1.82) is 0 Å². The molecule has 0 aromatic carbocycles. The highest BCUT2D eigenvalue weighted by molar-refractivity contribution is 7.09. The predicted molar refractivity (Wildman–Crippen MR) is 56.9 cm³/mol. The molecule has 0 aliphatic heterocycles. The average molecular weight is 224 g/mol. The third-order valence-electron chi connectivity index (χ3n) is 2.06. The Morgan fingerprint density at radius 2 is 2.53 bits per heavy atom. The summed E-state index contributed by atoms with van der Waals surface area (Å²) in [6.45, 7) is 0. The Bertz CT molecular complexity index is 408. The summed E-state index contributed by atoms with van der Waals surface area (Å²) in [5.41, 5.74) is 5.45. The molecule has 0 radical (unpaired) electrons. The fraction of sp³-hybridized carbons (Fsp3) is 0.375. The molecule has 7 heteroatoms. The lowest BCUT2D eigenvalue weighted by molar-refractivity contribution is 0.553.